The number of piperazine rings is 1. The van der Waals surface area contributed by atoms with Crippen molar-refractivity contribution in [3.8, 4) is 0 Å². The molecule has 0 unspecified atom stereocenters. The van der Waals surface area contributed by atoms with Crippen LogP contribution in [0.3, 0.4) is 0 Å². The maximum absolute atomic E-state index is 13.0. The number of carbonyl (C=O) groups excluding carboxylic acids is 2. The van der Waals surface area contributed by atoms with E-state index in [-0.39, 0.29) is 18.0 Å². The largest absolute Gasteiger partial charge is 0.444 e. The van der Waals surface area contributed by atoms with Crippen LogP contribution in [0.2, 0.25) is 0 Å². The van der Waals surface area contributed by atoms with Crippen LogP contribution in [-0.4, -0.2) is 57.0 Å². The summed E-state index contributed by atoms with van der Waals surface area (Å²) in [5.74, 6) is -0.0879. The first-order valence-electron chi connectivity index (χ1n) is 8.94. The molecule has 2 aromatic heterocycles. The van der Waals surface area contributed by atoms with Gasteiger partial charge in [-0.05, 0) is 44.5 Å². The van der Waals surface area contributed by atoms with Gasteiger partial charge < -0.3 is 14.5 Å². The fraction of sp³-hybridized carbons (Fsp3) is 0.400. The predicted molar refractivity (Wildman–Crippen MR) is 100 cm³/mol. The Kier molecular flexibility index (Phi) is 5.39. The van der Waals surface area contributed by atoms with Gasteiger partial charge in [0.1, 0.15) is 5.60 Å². The van der Waals surface area contributed by atoms with E-state index < -0.39 is 5.60 Å². The molecular weight excluding hydrogens is 344 g/mol. The SMILES string of the molecule is CC(C)(C)OC(=O)N1CCN(C(=O)c2ccncc2)[C@@H](c2cccnc2)C1. The number of hydrogen-bond acceptors (Lipinski definition) is 5. The average molecular weight is 368 g/mol. The minimum Gasteiger partial charge on any atom is -0.444 e. The van der Waals surface area contributed by atoms with Crippen molar-refractivity contribution in [1.82, 2.24) is 19.8 Å². The molecule has 0 aromatic carbocycles. The second-order valence-corrected chi connectivity index (χ2v) is 7.46. The molecule has 0 aliphatic carbocycles. The first-order valence-corrected chi connectivity index (χ1v) is 8.94. The summed E-state index contributed by atoms with van der Waals surface area (Å²) in [6.07, 6.45) is 6.25. The highest BCUT2D eigenvalue weighted by atomic mass is 16.6. The summed E-state index contributed by atoms with van der Waals surface area (Å²) < 4.78 is 5.50. The maximum atomic E-state index is 13.0. The fourth-order valence-electron chi connectivity index (χ4n) is 3.04. The molecule has 3 heterocycles. The molecule has 0 radical (unpaired) electrons. The molecule has 0 spiro atoms. The quantitative estimate of drug-likeness (QED) is 0.815. The van der Waals surface area contributed by atoms with Gasteiger partial charge in [0.25, 0.3) is 5.91 Å². The molecule has 1 fully saturated rings. The van der Waals surface area contributed by atoms with E-state index in [0.717, 1.165) is 5.56 Å². The van der Waals surface area contributed by atoms with E-state index in [4.69, 9.17) is 4.74 Å². The van der Waals surface area contributed by atoms with E-state index in [0.29, 0.717) is 25.2 Å². The topological polar surface area (TPSA) is 75.6 Å². The van der Waals surface area contributed by atoms with Gasteiger partial charge in [-0.3, -0.25) is 14.8 Å². The molecule has 1 atom stereocenters. The van der Waals surface area contributed by atoms with Crippen LogP contribution in [0.5, 0.6) is 0 Å². The van der Waals surface area contributed by atoms with Crippen LogP contribution in [0.25, 0.3) is 0 Å². The second kappa shape index (κ2) is 7.73. The summed E-state index contributed by atoms with van der Waals surface area (Å²) >= 11 is 0. The maximum Gasteiger partial charge on any atom is 0.410 e. The Bertz CT molecular complexity index is 790. The fourth-order valence-corrected chi connectivity index (χ4v) is 3.04. The summed E-state index contributed by atoms with van der Waals surface area (Å²) in [6.45, 7) is 6.71. The molecule has 3 rings (SSSR count). The van der Waals surface area contributed by atoms with Crippen LogP contribution in [-0.2, 0) is 4.74 Å². The molecule has 0 saturated carbocycles. The van der Waals surface area contributed by atoms with Gasteiger partial charge >= 0.3 is 6.09 Å². The Balaban J connectivity index is 1.85. The first kappa shape index (κ1) is 18.8. The first-order chi connectivity index (χ1) is 12.8. The predicted octanol–water partition coefficient (Wildman–Crippen LogP) is 2.91. The number of hydrogen-bond donors (Lipinski definition) is 0. The Morgan fingerprint density at radius 2 is 1.81 bits per heavy atom. The molecule has 27 heavy (non-hydrogen) atoms. The van der Waals surface area contributed by atoms with Gasteiger partial charge in [-0.25, -0.2) is 4.79 Å². The van der Waals surface area contributed by atoms with E-state index >= 15 is 0 Å². The van der Waals surface area contributed by atoms with E-state index in [1.807, 2.05) is 32.9 Å². The third kappa shape index (κ3) is 4.61. The molecule has 1 aliphatic rings. The zero-order chi connectivity index (χ0) is 19.4. The van der Waals surface area contributed by atoms with Gasteiger partial charge in [0.15, 0.2) is 0 Å². The smallest absolute Gasteiger partial charge is 0.410 e. The van der Waals surface area contributed by atoms with Crippen molar-refractivity contribution in [2.45, 2.75) is 32.4 Å². The van der Waals surface area contributed by atoms with E-state index in [1.165, 1.54) is 0 Å². The molecule has 2 amide bonds. The van der Waals surface area contributed by atoms with Crippen LogP contribution in [0, 0.1) is 0 Å². The molecule has 7 heteroatoms. The monoisotopic (exact) mass is 368 g/mol. The standard InChI is InChI=1S/C20H24N4O3/c1-20(2,3)27-19(26)23-11-12-24(18(25)15-6-9-21-10-7-15)17(14-23)16-5-4-8-22-13-16/h4-10,13,17H,11-12,14H2,1-3H3/t17-/m1/s1. The summed E-state index contributed by atoms with van der Waals surface area (Å²) in [5, 5.41) is 0. The van der Waals surface area contributed by atoms with Crippen LogP contribution in [0.15, 0.2) is 49.1 Å². The summed E-state index contributed by atoms with van der Waals surface area (Å²) in [5.41, 5.74) is 0.892. The van der Waals surface area contributed by atoms with Gasteiger partial charge in [-0.1, -0.05) is 6.07 Å². The molecule has 1 saturated heterocycles. The summed E-state index contributed by atoms with van der Waals surface area (Å²) in [7, 11) is 0. The highest BCUT2D eigenvalue weighted by Crippen LogP contribution is 2.27. The lowest BCUT2D eigenvalue weighted by Gasteiger charge is -2.41. The van der Waals surface area contributed by atoms with Crippen molar-refractivity contribution >= 4 is 12.0 Å². The lowest BCUT2D eigenvalue weighted by atomic mass is 10.0. The van der Waals surface area contributed by atoms with Crippen molar-refractivity contribution in [2.75, 3.05) is 19.6 Å². The molecule has 142 valence electrons. The second-order valence-electron chi connectivity index (χ2n) is 7.46. The molecular formula is C20H24N4O3. The lowest BCUT2D eigenvalue weighted by Crippen LogP contribution is -2.53. The molecule has 0 bridgehead atoms. The Hall–Kier alpha value is -2.96. The van der Waals surface area contributed by atoms with Crippen LogP contribution < -0.4 is 0 Å². The van der Waals surface area contributed by atoms with Crippen LogP contribution in [0.1, 0.15) is 42.7 Å². The van der Waals surface area contributed by atoms with Crippen LogP contribution >= 0.6 is 0 Å². The number of ether oxygens (including phenoxy) is 1. The van der Waals surface area contributed by atoms with Crippen LogP contribution in [0.4, 0.5) is 4.79 Å². The molecule has 7 nitrogen and oxygen atoms in total. The van der Waals surface area contributed by atoms with Crippen molar-refractivity contribution in [1.29, 1.82) is 0 Å². The summed E-state index contributed by atoms with van der Waals surface area (Å²) in [4.78, 5) is 37.1. The van der Waals surface area contributed by atoms with E-state index in [9.17, 15) is 9.59 Å². The van der Waals surface area contributed by atoms with Crippen molar-refractivity contribution in [3.05, 3.63) is 60.2 Å². The lowest BCUT2D eigenvalue weighted by molar-refractivity contribution is 0.00405. The van der Waals surface area contributed by atoms with Gasteiger partial charge in [-0.15, -0.1) is 0 Å². The number of amides is 2. The van der Waals surface area contributed by atoms with E-state index in [2.05, 4.69) is 9.97 Å². The minimum absolute atomic E-state index is 0.0879. The van der Waals surface area contributed by atoms with Crippen molar-refractivity contribution in [2.24, 2.45) is 0 Å². The normalized spacial score (nSPS) is 17.5. The molecule has 1 aliphatic heterocycles. The highest BCUT2D eigenvalue weighted by molar-refractivity contribution is 5.94. The number of rotatable bonds is 2. The third-order valence-electron chi connectivity index (χ3n) is 4.29. The van der Waals surface area contributed by atoms with Gasteiger partial charge in [-0.2, -0.15) is 0 Å². The van der Waals surface area contributed by atoms with Crippen molar-refractivity contribution in [3.63, 3.8) is 0 Å². The Morgan fingerprint density at radius 3 is 2.44 bits per heavy atom. The Labute approximate surface area is 159 Å². The average Bonchev–Trinajstić information content (AvgIpc) is 2.67. The number of nitrogens with zero attached hydrogens (tertiary/aromatic N) is 4. The van der Waals surface area contributed by atoms with Gasteiger partial charge in [0.05, 0.1) is 6.04 Å². The van der Waals surface area contributed by atoms with Gasteiger partial charge in [0.2, 0.25) is 0 Å². The van der Waals surface area contributed by atoms with E-state index in [1.54, 1.807) is 46.7 Å². The molecule has 0 N–H and O–H groups in total. The number of pyridine rings is 2. The Morgan fingerprint density at radius 1 is 1.07 bits per heavy atom. The molecule has 2 aromatic rings. The highest BCUT2D eigenvalue weighted by Gasteiger charge is 2.35. The summed E-state index contributed by atoms with van der Waals surface area (Å²) in [6, 6.07) is 6.85. The number of aromatic nitrogens is 2. The zero-order valence-corrected chi connectivity index (χ0v) is 15.8. The minimum atomic E-state index is -0.565. The zero-order valence-electron chi connectivity index (χ0n) is 15.8. The van der Waals surface area contributed by atoms with Crippen molar-refractivity contribution < 1.29 is 14.3 Å². The number of carbonyl (C=O) groups is 2. The van der Waals surface area contributed by atoms with Gasteiger partial charge in [0, 0.05) is 50.0 Å². The third-order valence-corrected chi connectivity index (χ3v) is 4.29.